The van der Waals surface area contributed by atoms with Gasteiger partial charge in [0.05, 0.1) is 16.4 Å². The third-order valence-electron chi connectivity index (χ3n) is 4.74. The molecular weight excluding hydrogens is 303 g/mol. The Morgan fingerprint density at radius 3 is 2.67 bits per heavy atom. The number of nitrogens with zero attached hydrogens (tertiary/aromatic N) is 2. The van der Waals surface area contributed by atoms with Crippen LogP contribution in [0.15, 0.2) is 18.2 Å². The van der Waals surface area contributed by atoms with Crippen molar-refractivity contribution < 1.29 is 0 Å². The number of fused-ring (bicyclic) bond motifs is 1. The first-order valence-corrected chi connectivity index (χ1v) is 8.87. The highest BCUT2D eigenvalue weighted by Gasteiger charge is 2.25. The SMILES string of the molecule is CCCC1CCC(n2c(CCl)nc3c(Cl)cccc32)CC1. The molecule has 0 saturated heterocycles. The number of hydrogen-bond acceptors (Lipinski definition) is 1. The summed E-state index contributed by atoms with van der Waals surface area (Å²) in [7, 11) is 0. The molecule has 1 aromatic heterocycles. The van der Waals surface area contributed by atoms with Gasteiger partial charge in [-0.15, -0.1) is 11.6 Å². The van der Waals surface area contributed by atoms with Gasteiger partial charge in [0.1, 0.15) is 11.3 Å². The molecule has 1 aliphatic rings. The molecule has 0 atom stereocenters. The van der Waals surface area contributed by atoms with Crippen molar-refractivity contribution in [1.82, 2.24) is 9.55 Å². The number of imidazole rings is 1. The van der Waals surface area contributed by atoms with Crippen LogP contribution in [0, 0.1) is 5.92 Å². The summed E-state index contributed by atoms with van der Waals surface area (Å²) in [6.45, 7) is 2.28. The molecule has 114 valence electrons. The van der Waals surface area contributed by atoms with Gasteiger partial charge in [0.25, 0.3) is 0 Å². The number of aromatic nitrogens is 2. The zero-order valence-corrected chi connectivity index (χ0v) is 14.0. The van der Waals surface area contributed by atoms with E-state index in [1.807, 2.05) is 12.1 Å². The van der Waals surface area contributed by atoms with Gasteiger partial charge in [0.15, 0.2) is 0 Å². The molecule has 4 heteroatoms. The lowest BCUT2D eigenvalue weighted by Gasteiger charge is -2.30. The van der Waals surface area contributed by atoms with Crippen molar-refractivity contribution in [3.63, 3.8) is 0 Å². The number of para-hydroxylation sites is 1. The van der Waals surface area contributed by atoms with E-state index in [0.29, 0.717) is 11.9 Å². The van der Waals surface area contributed by atoms with E-state index in [4.69, 9.17) is 23.2 Å². The Bertz CT molecular complexity index is 613. The van der Waals surface area contributed by atoms with E-state index in [9.17, 15) is 0 Å². The van der Waals surface area contributed by atoms with E-state index in [-0.39, 0.29) is 0 Å². The average molecular weight is 325 g/mol. The van der Waals surface area contributed by atoms with Gasteiger partial charge in [-0.05, 0) is 43.7 Å². The molecule has 1 heterocycles. The Morgan fingerprint density at radius 1 is 1.24 bits per heavy atom. The molecule has 3 rings (SSSR count). The summed E-state index contributed by atoms with van der Waals surface area (Å²) in [6.07, 6.45) is 7.76. The molecule has 0 aliphatic heterocycles. The van der Waals surface area contributed by atoms with Crippen molar-refractivity contribution in [2.75, 3.05) is 0 Å². The predicted octanol–water partition coefficient (Wildman–Crippen LogP) is 5.96. The van der Waals surface area contributed by atoms with Gasteiger partial charge in [-0.25, -0.2) is 4.98 Å². The number of rotatable bonds is 4. The van der Waals surface area contributed by atoms with Gasteiger partial charge in [-0.1, -0.05) is 37.4 Å². The van der Waals surface area contributed by atoms with Gasteiger partial charge < -0.3 is 4.57 Å². The highest BCUT2D eigenvalue weighted by molar-refractivity contribution is 6.35. The summed E-state index contributed by atoms with van der Waals surface area (Å²) >= 11 is 12.4. The lowest BCUT2D eigenvalue weighted by Crippen LogP contribution is -2.19. The van der Waals surface area contributed by atoms with Crippen LogP contribution in [0.1, 0.15) is 57.3 Å². The third-order valence-corrected chi connectivity index (χ3v) is 5.29. The number of alkyl halides is 1. The first kappa shape index (κ1) is 15.2. The van der Waals surface area contributed by atoms with Crippen molar-refractivity contribution in [1.29, 1.82) is 0 Å². The van der Waals surface area contributed by atoms with Crippen LogP contribution in [0.2, 0.25) is 5.02 Å². The van der Waals surface area contributed by atoms with E-state index < -0.39 is 0 Å². The van der Waals surface area contributed by atoms with E-state index in [1.165, 1.54) is 38.5 Å². The van der Waals surface area contributed by atoms with Crippen LogP contribution < -0.4 is 0 Å². The fraction of sp³-hybridized carbons (Fsp3) is 0.588. The van der Waals surface area contributed by atoms with Crippen molar-refractivity contribution in [3.05, 3.63) is 29.0 Å². The molecule has 0 bridgehead atoms. The highest BCUT2D eigenvalue weighted by Crippen LogP contribution is 2.38. The molecule has 0 unspecified atom stereocenters. The lowest BCUT2D eigenvalue weighted by atomic mass is 9.83. The Kier molecular flexibility index (Phi) is 4.75. The van der Waals surface area contributed by atoms with Crippen molar-refractivity contribution in [3.8, 4) is 0 Å². The molecular formula is C17H22Cl2N2. The predicted molar refractivity (Wildman–Crippen MR) is 90.2 cm³/mol. The van der Waals surface area contributed by atoms with Crippen LogP contribution in [0.25, 0.3) is 11.0 Å². The first-order valence-electron chi connectivity index (χ1n) is 7.95. The molecule has 21 heavy (non-hydrogen) atoms. The maximum Gasteiger partial charge on any atom is 0.125 e. The highest BCUT2D eigenvalue weighted by atomic mass is 35.5. The standard InChI is InChI=1S/C17H22Cl2N2/c1-2-4-12-7-9-13(10-8-12)21-15-6-3-5-14(19)17(15)20-16(21)11-18/h3,5-6,12-13H,2,4,7-11H2,1H3. The third kappa shape index (κ3) is 2.93. The molecule has 1 aliphatic carbocycles. The zero-order valence-electron chi connectivity index (χ0n) is 12.5. The second-order valence-corrected chi connectivity index (χ2v) is 6.78. The molecule has 2 nitrogen and oxygen atoms in total. The molecule has 1 saturated carbocycles. The first-order chi connectivity index (χ1) is 10.2. The van der Waals surface area contributed by atoms with Crippen LogP contribution in [-0.4, -0.2) is 9.55 Å². The fourth-order valence-electron chi connectivity index (χ4n) is 3.73. The number of halogens is 2. The summed E-state index contributed by atoms with van der Waals surface area (Å²) in [5.41, 5.74) is 2.03. The Labute approximate surface area is 136 Å². The average Bonchev–Trinajstić information content (AvgIpc) is 2.88. The molecule has 2 aromatic rings. The Morgan fingerprint density at radius 2 is 2.00 bits per heavy atom. The molecule has 0 spiro atoms. The fourth-order valence-corrected chi connectivity index (χ4v) is 4.13. The minimum Gasteiger partial charge on any atom is -0.324 e. The molecule has 0 radical (unpaired) electrons. The summed E-state index contributed by atoms with van der Waals surface area (Å²) in [5, 5.41) is 0.720. The van der Waals surface area contributed by atoms with Gasteiger partial charge >= 0.3 is 0 Å². The maximum absolute atomic E-state index is 6.28. The monoisotopic (exact) mass is 324 g/mol. The summed E-state index contributed by atoms with van der Waals surface area (Å²) in [4.78, 5) is 4.66. The quantitative estimate of drug-likeness (QED) is 0.634. The number of hydrogen-bond donors (Lipinski definition) is 0. The second kappa shape index (κ2) is 6.58. The topological polar surface area (TPSA) is 17.8 Å². The Balaban J connectivity index is 1.91. The smallest absolute Gasteiger partial charge is 0.125 e. The van der Waals surface area contributed by atoms with Crippen LogP contribution in [0.5, 0.6) is 0 Å². The molecule has 0 N–H and O–H groups in total. The van der Waals surface area contributed by atoms with Crippen LogP contribution in [-0.2, 0) is 5.88 Å². The van der Waals surface area contributed by atoms with Crippen molar-refractivity contribution >= 4 is 34.2 Å². The van der Waals surface area contributed by atoms with E-state index in [1.54, 1.807) is 0 Å². The summed E-state index contributed by atoms with van der Waals surface area (Å²) in [6, 6.07) is 6.54. The van der Waals surface area contributed by atoms with E-state index in [0.717, 1.165) is 27.8 Å². The van der Waals surface area contributed by atoms with E-state index in [2.05, 4.69) is 22.5 Å². The zero-order chi connectivity index (χ0) is 14.8. The van der Waals surface area contributed by atoms with Crippen LogP contribution >= 0.6 is 23.2 Å². The second-order valence-electron chi connectivity index (χ2n) is 6.10. The summed E-state index contributed by atoms with van der Waals surface area (Å²) in [5.74, 6) is 2.31. The molecule has 1 fully saturated rings. The molecule has 0 amide bonds. The summed E-state index contributed by atoms with van der Waals surface area (Å²) < 4.78 is 2.34. The van der Waals surface area contributed by atoms with Crippen molar-refractivity contribution in [2.45, 2.75) is 57.4 Å². The van der Waals surface area contributed by atoms with Gasteiger partial charge in [0.2, 0.25) is 0 Å². The lowest BCUT2D eigenvalue weighted by molar-refractivity contribution is 0.263. The van der Waals surface area contributed by atoms with Crippen molar-refractivity contribution in [2.24, 2.45) is 5.92 Å². The minimum absolute atomic E-state index is 0.444. The van der Waals surface area contributed by atoms with Crippen LogP contribution in [0.4, 0.5) is 0 Å². The maximum atomic E-state index is 6.28. The Hall–Kier alpha value is -0.730. The van der Waals surface area contributed by atoms with Gasteiger partial charge in [-0.3, -0.25) is 0 Å². The normalized spacial score (nSPS) is 22.8. The minimum atomic E-state index is 0.444. The van der Waals surface area contributed by atoms with Crippen LogP contribution in [0.3, 0.4) is 0 Å². The van der Waals surface area contributed by atoms with Gasteiger partial charge in [0, 0.05) is 6.04 Å². The largest absolute Gasteiger partial charge is 0.324 e. The number of benzene rings is 1. The molecule has 1 aromatic carbocycles. The van der Waals surface area contributed by atoms with E-state index >= 15 is 0 Å². The van der Waals surface area contributed by atoms with Gasteiger partial charge in [-0.2, -0.15) is 0 Å².